The van der Waals surface area contributed by atoms with Crippen LogP contribution in [0.3, 0.4) is 0 Å². The van der Waals surface area contributed by atoms with Crippen molar-refractivity contribution in [1.82, 2.24) is 10.3 Å². The van der Waals surface area contributed by atoms with Gasteiger partial charge in [0.15, 0.2) is 9.84 Å². The fourth-order valence-corrected chi connectivity index (χ4v) is 5.04. The van der Waals surface area contributed by atoms with E-state index in [2.05, 4.69) is 24.1 Å². The molecule has 5 nitrogen and oxygen atoms in total. The minimum absolute atomic E-state index is 0.142. The Morgan fingerprint density at radius 3 is 2.71 bits per heavy atom. The zero-order chi connectivity index (χ0) is 17.6. The first-order valence-corrected chi connectivity index (χ1v) is 11.5. The van der Waals surface area contributed by atoms with Crippen molar-refractivity contribution in [3.05, 3.63) is 16.1 Å². The summed E-state index contributed by atoms with van der Waals surface area (Å²) >= 11 is 1.50. The highest BCUT2D eigenvalue weighted by atomic mass is 32.2. The number of carbonyl (C=O) groups is 1. The third-order valence-electron chi connectivity index (χ3n) is 4.22. The lowest BCUT2D eigenvalue weighted by Gasteiger charge is -2.22. The summed E-state index contributed by atoms with van der Waals surface area (Å²) in [5, 5.41) is 5.63. The van der Waals surface area contributed by atoms with E-state index in [1.807, 2.05) is 0 Å². The van der Waals surface area contributed by atoms with E-state index >= 15 is 0 Å². The maximum atomic E-state index is 12.2. The number of rotatable bonds is 8. The molecule has 1 aliphatic rings. The third-order valence-corrected chi connectivity index (χ3v) is 6.62. The lowest BCUT2D eigenvalue weighted by molar-refractivity contribution is -0.119. The molecular weight excluding hydrogens is 344 g/mol. The Kier molecular flexibility index (Phi) is 7.22. The van der Waals surface area contributed by atoms with Crippen LogP contribution in [0.15, 0.2) is 5.38 Å². The zero-order valence-electron chi connectivity index (χ0n) is 14.6. The van der Waals surface area contributed by atoms with Crippen LogP contribution in [0, 0.1) is 5.92 Å². The lowest BCUT2D eigenvalue weighted by atomic mass is 9.95. The molecule has 0 aromatic carbocycles. The summed E-state index contributed by atoms with van der Waals surface area (Å²) in [6.45, 7) is 4.31. The van der Waals surface area contributed by atoms with Crippen molar-refractivity contribution in [2.75, 3.05) is 5.75 Å². The van der Waals surface area contributed by atoms with Crippen molar-refractivity contribution in [2.45, 2.75) is 70.6 Å². The van der Waals surface area contributed by atoms with E-state index in [0.717, 1.165) is 43.5 Å². The molecule has 1 aliphatic carbocycles. The average molecular weight is 373 g/mol. The molecule has 0 spiro atoms. The average Bonchev–Trinajstić information content (AvgIpc) is 2.92. The highest BCUT2D eigenvalue weighted by Gasteiger charge is 2.22. The molecule has 0 unspecified atom stereocenters. The van der Waals surface area contributed by atoms with Crippen LogP contribution >= 0.6 is 11.3 Å². The first-order valence-electron chi connectivity index (χ1n) is 8.77. The Bertz CT molecular complexity index is 632. The lowest BCUT2D eigenvalue weighted by Crippen LogP contribution is -2.39. The number of sulfone groups is 1. The Morgan fingerprint density at radius 1 is 1.33 bits per heavy atom. The van der Waals surface area contributed by atoms with Crippen molar-refractivity contribution in [1.29, 1.82) is 0 Å². The fraction of sp³-hybridized carbons (Fsp3) is 0.765. The minimum atomic E-state index is -3.47. The summed E-state index contributed by atoms with van der Waals surface area (Å²) < 4.78 is 24.5. The van der Waals surface area contributed by atoms with Gasteiger partial charge in [0, 0.05) is 11.4 Å². The van der Waals surface area contributed by atoms with Gasteiger partial charge in [-0.2, -0.15) is 0 Å². The van der Waals surface area contributed by atoms with Gasteiger partial charge in [-0.25, -0.2) is 13.4 Å². The van der Waals surface area contributed by atoms with Crippen LogP contribution in [-0.4, -0.2) is 31.1 Å². The molecule has 0 bridgehead atoms. The zero-order valence-corrected chi connectivity index (χ0v) is 16.2. The Balaban J connectivity index is 1.82. The van der Waals surface area contributed by atoms with Crippen LogP contribution in [0.4, 0.5) is 0 Å². The first-order chi connectivity index (χ1) is 11.3. The molecule has 7 heteroatoms. The molecule has 0 aliphatic heterocycles. The number of aryl methyl sites for hydroxylation is 1. The highest BCUT2D eigenvalue weighted by Crippen LogP contribution is 2.18. The van der Waals surface area contributed by atoms with E-state index in [-0.39, 0.29) is 17.7 Å². The van der Waals surface area contributed by atoms with Crippen molar-refractivity contribution in [3.8, 4) is 0 Å². The van der Waals surface area contributed by atoms with Crippen molar-refractivity contribution < 1.29 is 13.2 Å². The Morgan fingerprint density at radius 2 is 2.04 bits per heavy atom. The van der Waals surface area contributed by atoms with Crippen LogP contribution in [0.2, 0.25) is 0 Å². The first kappa shape index (κ1) is 19.4. The minimum Gasteiger partial charge on any atom is -0.352 e. The van der Waals surface area contributed by atoms with Gasteiger partial charge < -0.3 is 5.32 Å². The maximum absolute atomic E-state index is 12.2. The second-order valence-electron chi connectivity index (χ2n) is 7.10. The number of nitrogens with zero attached hydrogens (tertiary/aromatic N) is 1. The predicted octanol–water partition coefficient (Wildman–Crippen LogP) is 3.10. The van der Waals surface area contributed by atoms with Crippen LogP contribution in [-0.2, 0) is 26.8 Å². The number of nitrogens with one attached hydrogen (secondary N) is 1. The van der Waals surface area contributed by atoms with Gasteiger partial charge >= 0.3 is 0 Å². The van der Waals surface area contributed by atoms with Gasteiger partial charge in [-0.15, -0.1) is 11.3 Å². The number of hydrogen-bond donors (Lipinski definition) is 1. The third kappa shape index (κ3) is 6.89. The van der Waals surface area contributed by atoms with E-state index in [9.17, 15) is 13.2 Å². The van der Waals surface area contributed by atoms with Crippen LogP contribution in [0.25, 0.3) is 0 Å². The van der Waals surface area contributed by atoms with Crippen molar-refractivity contribution in [3.63, 3.8) is 0 Å². The Hall–Kier alpha value is -0.950. The maximum Gasteiger partial charge on any atom is 0.235 e. The number of amides is 1. The summed E-state index contributed by atoms with van der Waals surface area (Å²) in [7, 11) is -3.47. The number of hydrogen-bond acceptors (Lipinski definition) is 5. The SMILES string of the molecule is CC(C)CCc1nc(CS(=O)(=O)CC(=O)NC2CCCCC2)cs1. The monoisotopic (exact) mass is 372 g/mol. The van der Waals surface area contributed by atoms with E-state index < -0.39 is 15.6 Å². The molecular formula is C17H28N2O3S2. The topological polar surface area (TPSA) is 76.1 Å². The van der Waals surface area contributed by atoms with Gasteiger partial charge in [0.1, 0.15) is 5.75 Å². The largest absolute Gasteiger partial charge is 0.352 e. The fourth-order valence-electron chi connectivity index (χ4n) is 2.93. The van der Waals surface area contributed by atoms with E-state index in [4.69, 9.17) is 0 Å². The molecule has 0 radical (unpaired) electrons. The molecule has 0 atom stereocenters. The van der Waals surface area contributed by atoms with Crippen molar-refractivity contribution in [2.24, 2.45) is 5.92 Å². The Labute approximate surface area is 149 Å². The number of carbonyl (C=O) groups excluding carboxylic acids is 1. The highest BCUT2D eigenvalue weighted by molar-refractivity contribution is 7.91. The summed E-state index contributed by atoms with van der Waals surface area (Å²) in [6.07, 6.45) is 7.25. The molecule has 1 fully saturated rings. The van der Waals surface area contributed by atoms with Gasteiger partial charge in [-0.05, 0) is 31.6 Å². The summed E-state index contributed by atoms with van der Waals surface area (Å²) in [4.78, 5) is 16.4. The molecule has 1 heterocycles. The quantitative estimate of drug-likeness (QED) is 0.761. The second kappa shape index (κ2) is 8.94. The molecule has 1 saturated carbocycles. The molecule has 1 aromatic heterocycles. The predicted molar refractivity (Wildman–Crippen MR) is 97.8 cm³/mol. The summed E-state index contributed by atoms with van der Waals surface area (Å²) in [5.74, 6) is -0.368. The van der Waals surface area contributed by atoms with Gasteiger partial charge in [-0.3, -0.25) is 4.79 Å². The normalized spacial score (nSPS) is 16.5. The van der Waals surface area contributed by atoms with Crippen molar-refractivity contribution >= 4 is 27.1 Å². The van der Waals surface area contributed by atoms with Gasteiger partial charge in [0.2, 0.25) is 5.91 Å². The van der Waals surface area contributed by atoms with Crippen LogP contribution in [0.1, 0.15) is 63.1 Å². The van der Waals surface area contributed by atoms with Crippen LogP contribution < -0.4 is 5.32 Å². The molecule has 136 valence electrons. The summed E-state index contributed by atoms with van der Waals surface area (Å²) in [5.41, 5.74) is 0.559. The molecule has 1 amide bonds. The molecule has 2 rings (SSSR count). The second-order valence-corrected chi connectivity index (χ2v) is 10.1. The molecule has 1 N–H and O–H groups in total. The number of aromatic nitrogens is 1. The van der Waals surface area contributed by atoms with E-state index in [1.54, 1.807) is 5.38 Å². The van der Waals surface area contributed by atoms with Gasteiger partial charge in [-0.1, -0.05) is 33.1 Å². The molecule has 24 heavy (non-hydrogen) atoms. The van der Waals surface area contributed by atoms with Gasteiger partial charge in [0.25, 0.3) is 0 Å². The molecule has 0 saturated heterocycles. The van der Waals surface area contributed by atoms with E-state index in [1.165, 1.54) is 17.8 Å². The standard InChI is InChI=1S/C17H28N2O3S2/c1-13(2)8-9-17-19-15(10-23-17)11-24(21,22)12-16(20)18-14-6-4-3-5-7-14/h10,13-14H,3-9,11-12H2,1-2H3,(H,18,20). The van der Waals surface area contributed by atoms with Crippen LogP contribution in [0.5, 0.6) is 0 Å². The molecule has 1 aromatic rings. The number of thiazole rings is 1. The smallest absolute Gasteiger partial charge is 0.235 e. The van der Waals surface area contributed by atoms with E-state index in [0.29, 0.717) is 11.6 Å². The summed E-state index contributed by atoms with van der Waals surface area (Å²) in [6, 6.07) is 0.142. The van der Waals surface area contributed by atoms with Gasteiger partial charge in [0.05, 0.1) is 16.5 Å².